The van der Waals surface area contributed by atoms with E-state index in [1.165, 1.54) is 5.56 Å². The molecular formula is C22H28N4O2. The minimum atomic E-state index is -0.140. The van der Waals surface area contributed by atoms with Gasteiger partial charge in [0.05, 0.1) is 18.3 Å². The van der Waals surface area contributed by atoms with Gasteiger partial charge in [-0.2, -0.15) is 0 Å². The van der Waals surface area contributed by atoms with Gasteiger partial charge in [0.2, 0.25) is 5.95 Å². The number of hydrogen-bond donors (Lipinski definition) is 0. The van der Waals surface area contributed by atoms with Gasteiger partial charge in [0.15, 0.2) is 0 Å². The minimum absolute atomic E-state index is 0.00999. The summed E-state index contributed by atoms with van der Waals surface area (Å²) in [6.45, 7) is 6.43. The molecule has 0 N–H and O–H groups in total. The van der Waals surface area contributed by atoms with Crippen molar-refractivity contribution in [3.8, 4) is 0 Å². The Labute approximate surface area is 166 Å². The van der Waals surface area contributed by atoms with E-state index in [4.69, 9.17) is 14.7 Å². The Hall–Kier alpha value is -2.47. The first-order chi connectivity index (χ1) is 13.6. The van der Waals surface area contributed by atoms with E-state index in [1.54, 1.807) is 7.11 Å². The molecule has 1 unspecified atom stereocenters. The number of ether oxygens (including phenoxy) is 1. The maximum Gasteiger partial charge on any atom is 0.273 e. The molecule has 148 valence electrons. The van der Waals surface area contributed by atoms with Gasteiger partial charge in [0.25, 0.3) is 5.91 Å². The van der Waals surface area contributed by atoms with Crippen molar-refractivity contribution >= 4 is 11.9 Å². The summed E-state index contributed by atoms with van der Waals surface area (Å²) >= 11 is 0. The molecule has 1 aromatic heterocycles. The molecule has 2 aromatic rings. The van der Waals surface area contributed by atoms with Gasteiger partial charge >= 0.3 is 0 Å². The van der Waals surface area contributed by atoms with Gasteiger partial charge in [-0.1, -0.05) is 30.3 Å². The largest absolute Gasteiger partial charge is 0.382 e. The highest BCUT2D eigenvalue weighted by atomic mass is 16.5. The molecule has 0 spiro atoms. The third-order valence-electron chi connectivity index (χ3n) is 5.60. The van der Waals surface area contributed by atoms with Crippen molar-refractivity contribution in [1.29, 1.82) is 0 Å². The number of rotatable bonds is 6. The van der Waals surface area contributed by atoms with Gasteiger partial charge in [-0.05, 0) is 32.3 Å². The van der Waals surface area contributed by atoms with Crippen LogP contribution in [0.5, 0.6) is 0 Å². The summed E-state index contributed by atoms with van der Waals surface area (Å²) in [4.78, 5) is 27.1. The predicted octanol–water partition coefficient (Wildman–Crippen LogP) is 3.22. The molecule has 1 fully saturated rings. The Balaban J connectivity index is 1.83. The van der Waals surface area contributed by atoms with Crippen LogP contribution in [-0.2, 0) is 11.2 Å². The van der Waals surface area contributed by atoms with E-state index < -0.39 is 0 Å². The van der Waals surface area contributed by atoms with Crippen LogP contribution in [0.25, 0.3) is 0 Å². The van der Waals surface area contributed by atoms with E-state index >= 15 is 0 Å². The van der Waals surface area contributed by atoms with Gasteiger partial charge in [0, 0.05) is 38.2 Å². The van der Waals surface area contributed by atoms with Crippen molar-refractivity contribution in [3.05, 3.63) is 52.8 Å². The number of amides is 1. The summed E-state index contributed by atoms with van der Waals surface area (Å²) in [7, 11) is 1.68. The quantitative estimate of drug-likeness (QED) is 0.770. The van der Waals surface area contributed by atoms with Crippen molar-refractivity contribution in [1.82, 2.24) is 14.9 Å². The zero-order valence-corrected chi connectivity index (χ0v) is 16.9. The summed E-state index contributed by atoms with van der Waals surface area (Å²) in [5, 5.41) is 0. The first kappa shape index (κ1) is 18.9. The molecule has 1 amide bonds. The fourth-order valence-corrected chi connectivity index (χ4v) is 4.32. The Bertz CT molecular complexity index is 847. The zero-order chi connectivity index (χ0) is 19.7. The van der Waals surface area contributed by atoms with Gasteiger partial charge in [-0.25, -0.2) is 9.97 Å². The number of hydrogen-bond acceptors (Lipinski definition) is 5. The third-order valence-corrected chi connectivity index (χ3v) is 5.60. The lowest BCUT2D eigenvalue weighted by Gasteiger charge is -2.28. The third kappa shape index (κ3) is 3.37. The number of anilines is 1. The van der Waals surface area contributed by atoms with E-state index in [9.17, 15) is 4.79 Å². The molecule has 0 radical (unpaired) electrons. The molecule has 1 aromatic carbocycles. The maximum absolute atomic E-state index is 13.3. The number of carbonyl (C=O) groups is 1. The summed E-state index contributed by atoms with van der Waals surface area (Å²) in [5.74, 6) is 0.682. The molecule has 2 aliphatic heterocycles. The van der Waals surface area contributed by atoms with Crippen LogP contribution in [0.1, 0.15) is 60.0 Å². The summed E-state index contributed by atoms with van der Waals surface area (Å²) in [5.41, 5.74) is 3.62. The van der Waals surface area contributed by atoms with Crippen LogP contribution < -0.4 is 4.90 Å². The Morgan fingerprint density at radius 1 is 1.14 bits per heavy atom. The molecule has 0 bridgehead atoms. The second-order valence-electron chi connectivity index (χ2n) is 7.87. The molecule has 6 heteroatoms. The van der Waals surface area contributed by atoms with E-state index in [0.717, 1.165) is 37.2 Å². The van der Waals surface area contributed by atoms with Crippen molar-refractivity contribution in [3.63, 3.8) is 0 Å². The lowest BCUT2D eigenvalue weighted by Crippen LogP contribution is -2.36. The minimum Gasteiger partial charge on any atom is -0.382 e. The number of carbonyl (C=O) groups excluding carboxylic acids is 1. The fraction of sp³-hybridized carbons (Fsp3) is 0.500. The molecule has 2 aliphatic rings. The molecule has 1 atom stereocenters. The number of aromatic nitrogens is 2. The van der Waals surface area contributed by atoms with E-state index in [-0.39, 0.29) is 18.0 Å². The monoisotopic (exact) mass is 380 g/mol. The van der Waals surface area contributed by atoms with Crippen molar-refractivity contribution < 1.29 is 9.53 Å². The molecule has 0 aliphatic carbocycles. The van der Waals surface area contributed by atoms with Crippen molar-refractivity contribution in [2.75, 3.05) is 31.7 Å². The van der Waals surface area contributed by atoms with Gasteiger partial charge in [-0.3, -0.25) is 4.79 Å². The number of nitrogens with zero attached hydrogens (tertiary/aromatic N) is 4. The van der Waals surface area contributed by atoms with Crippen LogP contribution in [-0.4, -0.2) is 53.6 Å². The molecule has 28 heavy (non-hydrogen) atoms. The van der Waals surface area contributed by atoms with E-state index in [0.29, 0.717) is 24.7 Å². The van der Waals surface area contributed by atoms with Gasteiger partial charge in [-0.15, -0.1) is 0 Å². The summed E-state index contributed by atoms with van der Waals surface area (Å²) in [6, 6.07) is 10.2. The second kappa shape index (κ2) is 7.87. The maximum atomic E-state index is 13.3. The molecule has 1 saturated heterocycles. The average molecular weight is 380 g/mol. The topological polar surface area (TPSA) is 58.6 Å². The average Bonchev–Trinajstić information content (AvgIpc) is 3.30. The van der Waals surface area contributed by atoms with Crippen LogP contribution in [0.15, 0.2) is 30.3 Å². The number of fused-ring (bicyclic) bond motifs is 1. The van der Waals surface area contributed by atoms with Gasteiger partial charge < -0.3 is 14.5 Å². The normalized spacial score (nSPS) is 19.0. The lowest BCUT2D eigenvalue weighted by atomic mass is 10.0. The smallest absolute Gasteiger partial charge is 0.273 e. The lowest BCUT2D eigenvalue weighted by molar-refractivity contribution is 0.0510. The molecule has 6 nitrogen and oxygen atoms in total. The second-order valence-corrected chi connectivity index (χ2v) is 7.87. The molecule has 0 saturated carbocycles. The van der Waals surface area contributed by atoms with Crippen molar-refractivity contribution in [2.24, 2.45) is 0 Å². The summed E-state index contributed by atoms with van der Waals surface area (Å²) in [6.07, 6.45) is 2.98. The molecular weight excluding hydrogens is 352 g/mol. The zero-order valence-electron chi connectivity index (χ0n) is 16.9. The molecule has 3 heterocycles. The first-order valence-electron chi connectivity index (χ1n) is 10.1. The first-order valence-corrected chi connectivity index (χ1v) is 10.1. The van der Waals surface area contributed by atoms with Crippen molar-refractivity contribution in [2.45, 2.75) is 45.2 Å². The van der Waals surface area contributed by atoms with E-state index in [2.05, 4.69) is 17.0 Å². The van der Waals surface area contributed by atoms with E-state index in [1.807, 2.05) is 36.9 Å². The Morgan fingerprint density at radius 3 is 2.50 bits per heavy atom. The standard InChI is InChI=1S/C22H28N4O2/c1-15(2)26-18(14-28-3)19-17(13-16-9-5-4-6-10-16)23-22(24-20(19)21(26)27)25-11-7-8-12-25/h4-6,9-10,15,18H,7-8,11-14H2,1-3H3. The Morgan fingerprint density at radius 2 is 1.86 bits per heavy atom. The highest BCUT2D eigenvalue weighted by Crippen LogP contribution is 2.38. The Kier molecular flexibility index (Phi) is 5.31. The van der Waals surface area contributed by atoms with Crippen LogP contribution >= 0.6 is 0 Å². The van der Waals surface area contributed by atoms with Crippen LogP contribution in [0.2, 0.25) is 0 Å². The van der Waals surface area contributed by atoms with Crippen LogP contribution in [0, 0.1) is 0 Å². The molecule has 4 rings (SSSR count). The summed E-state index contributed by atoms with van der Waals surface area (Å²) < 4.78 is 5.49. The fourth-order valence-electron chi connectivity index (χ4n) is 4.32. The number of benzene rings is 1. The SMILES string of the molecule is COCC1c2c(Cc3ccccc3)nc(N3CCCC3)nc2C(=O)N1C(C)C. The number of methoxy groups -OCH3 is 1. The van der Waals surface area contributed by atoms with Crippen LogP contribution in [0.3, 0.4) is 0 Å². The highest BCUT2D eigenvalue weighted by molar-refractivity contribution is 5.98. The highest BCUT2D eigenvalue weighted by Gasteiger charge is 2.42. The van der Waals surface area contributed by atoms with Crippen LogP contribution in [0.4, 0.5) is 5.95 Å². The van der Waals surface area contributed by atoms with Gasteiger partial charge in [0.1, 0.15) is 5.69 Å². The predicted molar refractivity (Wildman–Crippen MR) is 109 cm³/mol.